The molecule has 2 rings (SSSR count). The molecule has 0 saturated carbocycles. The molecule has 0 spiro atoms. The van der Waals surface area contributed by atoms with Gasteiger partial charge in [0.15, 0.2) is 11.6 Å². The number of ether oxygens (including phenoxy) is 2. The van der Waals surface area contributed by atoms with Gasteiger partial charge in [-0.3, -0.25) is 0 Å². The third kappa shape index (κ3) is 3.27. The van der Waals surface area contributed by atoms with Gasteiger partial charge in [0.2, 0.25) is 0 Å². The maximum absolute atomic E-state index is 13.9. The van der Waals surface area contributed by atoms with Crippen molar-refractivity contribution >= 4 is 0 Å². The fourth-order valence-electron chi connectivity index (χ4n) is 2.02. The Morgan fingerprint density at radius 1 is 1.05 bits per heavy atom. The van der Waals surface area contributed by atoms with Crippen molar-refractivity contribution in [3.8, 4) is 11.5 Å². The maximum Gasteiger partial charge on any atom is 0.165 e. The molecule has 0 atom stereocenters. The molecule has 0 aliphatic heterocycles. The lowest BCUT2D eigenvalue weighted by Gasteiger charge is -2.14. The lowest BCUT2D eigenvalue weighted by Crippen LogP contribution is -2.09. The summed E-state index contributed by atoms with van der Waals surface area (Å²) in [6.45, 7) is 0.820. The van der Waals surface area contributed by atoms with Crippen LogP contribution in [-0.2, 0) is 13.2 Å². The van der Waals surface area contributed by atoms with Crippen molar-refractivity contribution in [1.82, 2.24) is 5.32 Å². The van der Waals surface area contributed by atoms with Gasteiger partial charge in [0.05, 0.1) is 7.11 Å². The molecule has 0 aromatic heterocycles. The zero-order valence-corrected chi connectivity index (χ0v) is 11.7. The minimum Gasteiger partial charge on any atom is -0.496 e. The first-order valence-corrected chi connectivity index (χ1v) is 6.43. The molecule has 3 nitrogen and oxygen atoms in total. The fraction of sp³-hybridized carbons (Fsp3) is 0.250. The van der Waals surface area contributed by atoms with Crippen LogP contribution in [0.4, 0.5) is 4.39 Å². The molecule has 0 aliphatic rings. The monoisotopic (exact) mass is 275 g/mol. The van der Waals surface area contributed by atoms with Crippen molar-refractivity contribution in [2.75, 3.05) is 14.2 Å². The van der Waals surface area contributed by atoms with Gasteiger partial charge in [-0.05, 0) is 19.2 Å². The van der Waals surface area contributed by atoms with Crippen LogP contribution in [0.2, 0.25) is 0 Å². The number of hydrogen-bond donors (Lipinski definition) is 1. The summed E-state index contributed by atoms with van der Waals surface area (Å²) in [7, 11) is 3.42. The molecule has 0 aliphatic carbocycles. The van der Waals surface area contributed by atoms with Gasteiger partial charge in [0, 0.05) is 17.7 Å². The third-order valence-electron chi connectivity index (χ3n) is 2.98. The molecule has 2 aromatic rings. The van der Waals surface area contributed by atoms with Crippen molar-refractivity contribution in [1.29, 1.82) is 0 Å². The topological polar surface area (TPSA) is 30.5 Å². The summed E-state index contributed by atoms with van der Waals surface area (Å²) in [5.74, 6) is 0.666. The Hall–Kier alpha value is -2.07. The van der Waals surface area contributed by atoms with E-state index in [0.717, 1.165) is 16.9 Å². The average molecular weight is 275 g/mol. The van der Waals surface area contributed by atoms with Crippen LogP contribution in [-0.4, -0.2) is 14.2 Å². The summed E-state index contributed by atoms with van der Waals surface area (Å²) < 4.78 is 24.8. The molecule has 0 bridgehead atoms. The van der Waals surface area contributed by atoms with Gasteiger partial charge in [0.25, 0.3) is 0 Å². The Balaban J connectivity index is 2.18. The standard InChI is InChI=1S/C16H18FNO2/c1-18-10-12-7-5-8-14(17)16(12)20-11-13-6-3-4-9-15(13)19-2/h3-9,18H,10-11H2,1-2H3. The van der Waals surface area contributed by atoms with Crippen LogP contribution < -0.4 is 14.8 Å². The quantitative estimate of drug-likeness (QED) is 0.878. The summed E-state index contributed by atoms with van der Waals surface area (Å²) in [5.41, 5.74) is 1.68. The highest BCUT2D eigenvalue weighted by molar-refractivity contribution is 5.37. The molecule has 106 valence electrons. The largest absolute Gasteiger partial charge is 0.496 e. The SMILES string of the molecule is CNCc1cccc(F)c1OCc1ccccc1OC. The van der Waals surface area contributed by atoms with Gasteiger partial charge in [0.1, 0.15) is 12.4 Å². The van der Waals surface area contributed by atoms with Crippen LogP contribution in [0, 0.1) is 5.82 Å². The van der Waals surface area contributed by atoms with Crippen LogP contribution in [0.5, 0.6) is 11.5 Å². The van der Waals surface area contributed by atoms with E-state index in [4.69, 9.17) is 9.47 Å². The molecule has 4 heteroatoms. The predicted molar refractivity (Wildman–Crippen MR) is 76.5 cm³/mol. The molecule has 0 amide bonds. The molecule has 20 heavy (non-hydrogen) atoms. The van der Waals surface area contributed by atoms with Crippen molar-refractivity contribution in [2.45, 2.75) is 13.2 Å². The normalized spacial score (nSPS) is 10.3. The van der Waals surface area contributed by atoms with E-state index in [1.54, 1.807) is 13.2 Å². The number of rotatable bonds is 6. The van der Waals surface area contributed by atoms with Gasteiger partial charge in [-0.2, -0.15) is 0 Å². The summed E-state index contributed by atoms with van der Waals surface area (Å²) in [6, 6.07) is 12.5. The number of methoxy groups -OCH3 is 1. The molecular formula is C16H18FNO2. The number of benzene rings is 2. The molecule has 0 radical (unpaired) electrons. The highest BCUT2D eigenvalue weighted by atomic mass is 19.1. The second kappa shape index (κ2) is 6.91. The van der Waals surface area contributed by atoms with E-state index in [0.29, 0.717) is 6.54 Å². The Morgan fingerprint density at radius 3 is 2.55 bits per heavy atom. The maximum atomic E-state index is 13.9. The summed E-state index contributed by atoms with van der Waals surface area (Å²) in [6.07, 6.45) is 0. The van der Waals surface area contributed by atoms with Crippen molar-refractivity contribution in [3.63, 3.8) is 0 Å². The summed E-state index contributed by atoms with van der Waals surface area (Å²) in [5, 5.41) is 3.00. The van der Waals surface area contributed by atoms with Crippen LogP contribution in [0.15, 0.2) is 42.5 Å². The smallest absolute Gasteiger partial charge is 0.165 e. The Labute approximate surface area is 118 Å². The Morgan fingerprint density at radius 2 is 1.80 bits per heavy atom. The molecule has 0 unspecified atom stereocenters. The predicted octanol–water partition coefficient (Wildman–Crippen LogP) is 3.13. The Kier molecular flexibility index (Phi) is 4.96. The van der Waals surface area contributed by atoms with Crippen molar-refractivity contribution in [2.24, 2.45) is 0 Å². The first-order valence-electron chi connectivity index (χ1n) is 6.43. The number of hydrogen-bond acceptors (Lipinski definition) is 3. The van der Waals surface area contributed by atoms with Crippen molar-refractivity contribution in [3.05, 3.63) is 59.4 Å². The van der Waals surface area contributed by atoms with E-state index in [2.05, 4.69) is 5.32 Å². The van der Waals surface area contributed by atoms with Crippen LogP contribution in [0.1, 0.15) is 11.1 Å². The molecule has 2 aromatic carbocycles. The van der Waals surface area contributed by atoms with E-state index in [9.17, 15) is 4.39 Å². The number of halogens is 1. The number of nitrogens with one attached hydrogen (secondary N) is 1. The van der Waals surface area contributed by atoms with Gasteiger partial charge in [-0.1, -0.05) is 30.3 Å². The van der Waals surface area contributed by atoms with Gasteiger partial charge < -0.3 is 14.8 Å². The van der Waals surface area contributed by atoms with Crippen LogP contribution in [0.25, 0.3) is 0 Å². The summed E-state index contributed by atoms with van der Waals surface area (Å²) in [4.78, 5) is 0. The second-order valence-corrected chi connectivity index (χ2v) is 4.36. The Bertz CT molecular complexity index is 572. The molecule has 0 saturated heterocycles. The minimum absolute atomic E-state index is 0.266. The minimum atomic E-state index is -0.354. The lowest BCUT2D eigenvalue weighted by atomic mass is 10.2. The van der Waals surface area contributed by atoms with Crippen LogP contribution in [0.3, 0.4) is 0 Å². The molecule has 1 N–H and O–H groups in total. The molecule has 0 heterocycles. The first kappa shape index (κ1) is 14.3. The van der Waals surface area contributed by atoms with E-state index < -0.39 is 0 Å². The van der Waals surface area contributed by atoms with Gasteiger partial charge in [-0.15, -0.1) is 0 Å². The third-order valence-corrected chi connectivity index (χ3v) is 2.98. The second-order valence-electron chi connectivity index (χ2n) is 4.36. The van der Waals surface area contributed by atoms with E-state index in [1.165, 1.54) is 6.07 Å². The highest BCUT2D eigenvalue weighted by Crippen LogP contribution is 2.25. The number of para-hydroxylation sites is 2. The van der Waals surface area contributed by atoms with E-state index >= 15 is 0 Å². The van der Waals surface area contributed by atoms with Crippen LogP contribution >= 0.6 is 0 Å². The van der Waals surface area contributed by atoms with E-state index in [1.807, 2.05) is 37.4 Å². The average Bonchev–Trinajstić information content (AvgIpc) is 2.47. The fourth-order valence-corrected chi connectivity index (χ4v) is 2.02. The molecular weight excluding hydrogens is 257 g/mol. The van der Waals surface area contributed by atoms with Gasteiger partial charge >= 0.3 is 0 Å². The highest BCUT2D eigenvalue weighted by Gasteiger charge is 2.10. The first-order chi connectivity index (χ1) is 9.76. The van der Waals surface area contributed by atoms with Crippen molar-refractivity contribution < 1.29 is 13.9 Å². The molecule has 0 fully saturated rings. The van der Waals surface area contributed by atoms with E-state index in [-0.39, 0.29) is 18.2 Å². The zero-order chi connectivity index (χ0) is 14.4. The lowest BCUT2D eigenvalue weighted by molar-refractivity contribution is 0.279. The zero-order valence-electron chi connectivity index (χ0n) is 11.7. The summed E-state index contributed by atoms with van der Waals surface area (Å²) >= 11 is 0. The van der Waals surface area contributed by atoms with Gasteiger partial charge in [-0.25, -0.2) is 4.39 Å².